The zero-order chi connectivity index (χ0) is 18.4. The van der Waals surface area contributed by atoms with Crippen molar-refractivity contribution >= 4 is 28.4 Å². The number of hydrogen-bond acceptors (Lipinski definition) is 3. The van der Waals surface area contributed by atoms with Gasteiger partial charge in [-0.05, 0) is 44.4 Å². The molecule has 5 nitrogen and oxygen atoms in total. The zero-order valence-electron chi connectivity index (χ0n) is 14.9. The van der Waals surface area contributed by atoms with Gasteiger partial charge in [0.05, 0.1) is 5.41 Å². The van der Waals surface area contributed by atoms with Crippen LogP contribution in [0.3, 0.4) is 0 Å². The lowest BCUT2D eigenvalue weighted by atomic mass is 9.89. The van der Waals surface area contributed by atoms with Crippen LogP contribution >= 0.6 is 0 Å². The van der Waals surface area contributed by atoms with Crippen molar-refractivity contribution < 1.29 is 18.9 Å². The molecule has 0 saturated heterocycles. The number of amides is 1. The highest BCUT2D eigenvalue weighted by molar-refractivity contribution is 7.84. The molecule has 1 unspecified atom stereocenters. The first kappa shape index (κ1) is 19.6. The van der Waals surface area contributed by atoms with E-state index in [0.717, 1.165) is 31.2 Å². The van der Waals surface area contributed by atoms with Crippen molar-refractivity contribution in [1.82, 2.24) is 0 Å². The monoisotopic (exact) mass is 365 g/mol. The van der Waals surface area contributed by atoms with Gasteiger partial charge in [-0.25, -0.2) is 0 Å². The summed E-state index contributed by atoms with van der Waals surface area (Å²) in [5.41, 5.74) is 0.438. The van der Waals surface area contributed by atoms with Crippen molar-refractivity contribution in [2.45, 2.75) is 63.4 Å². The summed E-state index contributed by atoms with van der Waals surface area (Å²) in [5.74, 6) is -0.841. The number of carboxylic acids is 1. The predicted molar refractivity (Wildman–Crippen MR) is 99.8 cm³/mol. The normalized spacial score (nSPS) is 17.0. The molecule has 1 saturated carbocycles. The van der Waals surface area contributed by atoms with Crippen LogP contribution in [0, 0.1) is 5.41 Å². The first-order valence-electron chi connectivity index (χ1n) is 8.77. The number of carbonyl (C=O) groups excluding carboxylic acids is 1. The molecule has 0 bridgehead atoms. The van der Waals surface area contributed by atoms with Crippen LogP contribution in [0.15, 0.2) is 24.3 Å². The Morgan fingerprint density at radius 1 is 1.24 bits per heavy atom. The minimum atomic E-state index is -1.11. The minimum Gasteiger partial charge on any atom is -0.481 e. The Bertz CT molecular complexity index is 651. The molecule has 2 N–H and O–H groups in total. The topological polar surface area (TPSA) is 83.5 Å². The Kier molecular flexibility index (Phi) is 6.76. The molecule has 0 spiro atoms. The Morgan fingerprint density at radius 2 is 1.92 bits per heavy atom. The van der Waals surface area contributed by atoms with Gasteiger partial charge in [0.15, 0.2) is 0 Å². The second kappa shape index (κ2) is 8.61. The van der Waals surface area contributed by atoms with Gasteiger partial charge in [-0.3, -0.25) is 13.8 Å². The van der Waals surface area contributed by atoms with Gasteiger partial charge in [0.2, 0.25) is 5.91 Å². The molecular formula is C19H27NO4S. The van der Waals surface area contributed by atoms with Crippen molar-refractivity contribution in [3.63, 3.8) is 0 Å². The smallest absolute Gasteiger partial charge is 0.309 e. The van der Waals surface area contributed by atoms with E-state index < -0.39 is 22.2 Å². The molecule has 1 aliphatic carbocycles. The lowest BCUT2D eigenvalue weighted by Crippen LogP contribution is -2.29. The second-order valence-electron chi connectivity index (χ2n) is 7.40. The maximum absolute atomic E-state index is 12.5. The van der Waals surface area contributed by atoms with Crippen LogP contribution in [0.2, 0.25) is 0 Å². The van der Waals surface area contributed by atoms with Crippen LogP contribution in [0.1, 0.15) is 57.9 Å². The van der Waals surface area contributed by atoms with Crippen LogP contribution < -0.4 is 5.32 Å². The maximum Gasteiger partial charge on any atom is 0.309 e. The van der Waals surface area contributed by atoms with Crippen LogP contribution in [0.4, 0.5) is 5.69 Å². The quantitative estimate of drug-likeness (QED) is 0.771. The molecule has 1 atom stereocenters. The Hall–Kier alpha value is -1.69. The molecule has 1 fully saturated rings. The highest BCUT2D eigenvalue weighted by Crippen LogP contribution is 2.25. The molecule has 0 radical (unpaired) electrons. The van der Waals surface area contributed by atoms with E-state index in [4.69, 9.17) is 5.11 Å². The predicted octanol–water partition coefficient (Wildman–Crippen LogP) is 3.71. The number of rotatable bonds is 7. The molecular weight excluding hydrogens is 338 g/mol. The molecule has 0 aliphatic heterocycles. The van der Waals surface area contributed by atoms with E-state index in [1.165, 1.54) is 20.3 Å². The second-order valence-corrected chi connectivity index (χ2v) is 9.12. The van der Waals surface area contributed by atoms with Gasteiger partial charge < -0.3 is 10.4 Å². The SMILES string of the molecule is CC(C)(CC(=O)Nc1cccc(CS(=O)C2CCCCC2)c1)C(=O)O. The van der Waals surface area contributed by atoms with E-state index >= 15 is 0 Å². The Balaban J connectivity index is 1.95. The van der Waals surface area contributed by atoms with E-state index in [1.807, 2.05) is 18.2 Å². The van der Waals surface area contributed by atoms with Gasteiger partial charge in [0.1, 0.15) is 0 Å². The lowest BCUT2D eigenvalue weighted by molar-refractivity contribution is -0.148. The Morgan fingerprint density at radius 3 is 2.56 bits per heavy atom. The first-order chi connectivity index (χ1) is 11.8. The van der Waals surface area contributed by atoms with Crippen molar-refractivity contribution in [3.05, 3.63) is 29.8 Å². The molecule has 1 amide bonds. The van der Waals surface area contributed by atoms with Crippen molar-refractivity contribution in [2.24, 2.45) is 5.41 Å². The van der Waals surface area contributed by atoms with E-state index in [2.05, 4.69) is 5.32 Å². The van der Waals surface area contributed by atoms with Gasteiger partial charge in [0.25, 0.3) is 0 Å². The van der Waals surface area contributed by atoms with Crippen molar-refractivity contribution in [2.75, 3.05) is 5.32 Å². The highest BCUT2D eigenvalue weighted by Gasteiger charge is 2.30. The molecule has 2 rings (SSSR count). The van der Waals surface area contributed by atoms with E-state index in [1.54, 1.807) is 6.07 Å². The van der Waals surface area contributed by atoms with Crippen molar-refractivity contribution in [1.29, 1.82) is 0 Å². The number of carbonyl (C=O) groups is 2. The number of aliphatic carboxylic acids is 1. The number of hydrogen-bond donors (Lipinski definition) is 2. The number of anilines is 1. The molecule has 0 aromatic heterocycles. The fraction of sp³-hybridized carbons (Fsp3) is 0.579. The summed E-state index contributed by atoms with van der Waals surface area (Å²) in [5, 5.41) is 12.1. The summed E-state index contributed by atoms with van der Waals surface area (Å²) in [7, 11) is -0.891. The molecule has 0 heterocycles. The molecule has 1 aromatic carbocycles. The standard InChI is InChI=1S/C19H27NO4S/c1-19(2,18(22)23)12-17(21)20-15-8-6-7-14(11-15)13-25(24)16-9-4-3-5-10-16/h6-8,11,16H,3-5,9-10,12-13H2,1-2H3,(H,20,21)(H,22,23). The summed E-state index contributed by atoms with van der Waals surface area (Å²) < 4.78 is 12.5. The lowest BCUT2D eigenvalue weighted by Gasteiger charge is -2.21. The van der Waals surface area contributed by atoms with Gasteiger partial charge >= 0.3 is 5.97 Å². The highest BCUT2D eigenvalue weighted by atomic mass is 32.2. The molecule has 1 aromatic rings. The van der Waals surface area contributed by atoms with Gasteiger partial charge in [0, 0.05) is 33.9 Å². The number of benzene rings is 1. The average molecular weight is 365 g/mol. The van der Waals surface area contributed by atoms with Gasteiger partial charge in [-0.1, -0.05) is 31.4 Å². The molecule has 1 aliphatic rings. The van der Waals surface area contributed by atoms with Crippen LogP contribution in [0.25, 0.3) is 0 Å². The molecule has 25 heavy (non-hydrogen) atoms. The third kappa shape index (κ3) is 5.96. The van der Waals surface area contributed by atoms with Crippen LogP contribution in [-0.4, -0.2) is 26.4 Å². The summed E-state index contributed by atoms with van der Waals surface area (Å²) in [6, 6.07) is 7.33. The fourth-order valence-electron chi connectivity index (χ4n) is 3.03. The summed E-state index contributed by atoms with van der Waals surface area (Å²) >= 11 is 0. The zero-order valence-corrected chi connectivity index (χ0v) is 15.7. The fourth-order valence-corrected chi connectivity index (χ4v) is 4.63. The third-order valence-electron chi connectivity index (χ3n) is 4.63. The minimum absolute atomic E-state index is 0.0967. The summed E-state index contributed by atoms with van der Waals surface area (Å²) in [4.78, 5) is 23.2. The Labute approximate surface area is 151 Å². The van der Waals surface area contributed by atoms with Crippen LogP contribution in [0.5, 0.6) is 0 Å². The number of nitrogens with one attached hydrogen (secondary N) is 1. The van der Waals surface area contributed by atoms with E-state index in [0.29, 0.717) is 11.4 Å². The number of carboxylic acid groups (broad SMARTS) is 1. The van der Waals surface area contributed by atoms with E-state index in [9.17, 15) is 13.8 Å². The first-order valence-corrected chi connectivity index (χ1v) is 10.2. The largest absolute Gasteiger partial charge is 0.481 e. The van der Waals surface area contributed by atoms with E-state index in [-0.39, 0.29) is 17.6 Å². The molecule has 138 valence electrons. The van der Waals surface area contributed by atoms with Gasteiger partial charge in [-0.2, -0.15) is 0 Å². The third-order valence-corrected chi connectivity index (χ3v) is 6.46. The van der Waals surface area contributed by atoms with Crippen molar-refractivity contribution in [3.8, 4) is 0 Å². The maximum atomic E-state index is 12.5. The summed E-state index contributed by atoms with van der Waals surface area (Å²) in [6.45, 7) is 3.05. The van der Waals surface area contributed by atoms with Crippen LogP contribution in [-0.2, 0) is 26.1 Å². The summed E-state index contributed by atoms with van der Waals surface area (Å²) in [6.07, 6.45) is 5.53. The molecule has 6 heteroatoms. The average Bonchev–Trinajstić information content (AvgIpc) is 2.55. The van der Waals surface area contributed by atoms with Gasteiger partial charge in [-0.15, -0.1) is 0 Å².